The van der Waals surface area contributed by atoms with Gasteiger partial charge in [0.2, 0.25) is 5.91 Å². The fourth-order valence-electron chi connectivity index (χ4n) is 2.65. The van der Waals surface area contributed by atoms with Crippen LogP contribution in [0.1, 0.15) is 12.5 Å². The second kappa shape index (κ2) is 6.65. The van der Waals surface area contributed by atoms with Crippen molar-refractivity contribution in [3.8, 4) is 5.75 Å². The average molecular weight is 345 g/mol. The van der Waals surface area contributed by atoms with Crippen LogP contribution >= 0.6 is 0 Å². The summed E-state index contributed by atoms with van der Waals surface area (Å²) in [6.45, 7) is 1.94. The summed E-state index contributed by atoms with van der Waals surface area (Å²) in [6, 6.07) is 13.9. The van der Waals surface area contributed by atoms with Gasteiger partial charge >= 0.3 is 0 Å². The molecule has 1 heterocycles. The molecule has 3 rings (SSSR count). The molecule has 0 bridgehead atoms. The van der Waals surface area contributed by atoms with Crippen LogP contribution in [0.15, 0.2) is 53.4 Å². The molecule has 2 aromatic rings. The number of hydrogen-bond acceptors (Lipinski definition) is 4. The van der Waals surface area contributed by atoms with Gasteiger partial charge in [-0.05, 0) is 42.3 Å². The number of anilines is 1. The third-order valence-corrected chi connectivity index (χ3v) is 5.86. The smallest absolute Gasteiger partial charge is 0.231 e. The van der Waals surface area contributed by atoms with Gasteiger partial charge < -0.3 is 10.1 Å². The molecule has 1 amide bonds. The first-order chi connectivity index (χ1) is 11.5. The zero-order valence-electron chi connectivity index (χ0n) is 13.4. The first kappa shape index (κ1) is 16.5. The largest absolute Gasteiger partial charge is 0.492 e. The molecule has 24 heavy (non-hydrogen) atoms. The van der Waals surface area contributed by atoms with Crippen LogP contribution in [0.4, 0.5) is 5.69 Å². The van der Waals surface area contributed by atoms with E-state index in [9.17, 15) is 13.2 Å². The van der Waals surface area contributed by atoms with E-state index in [1.165, 1.54) is 12.1 Å². The summed E-state index contributed by atoms with van der Waals surface area (Å²) in [5.41, 5.74) is 1.60. The molecule has 0 aromatic heterocycles. The molecule has 5 nitrogen and oxygen atoms in total. The minimum atomic E-state index is -3.23. The van der Waals surface area contributed by atoms with E-state index in [-0.39, 0.29) is 22.5 Å². The first-order valence-electron chi connectivity index (χ1n) is 7.84. The van der Waals surface area contributed by atoms with E-state index in [4.69, 9.17) is 4.74 Å². The van der Waals surface area contributed by atoms with E-state index in [1.54, 1.807) is 19.1 Å². The lowest BCUT2D eigenvalue weighted by molar-refractivity contribution is -0.121. The molecule has 0 spiro atoms. The molecule has 0 saturated carbocycles. The number of rotatable bonds is 4. The van der Waals surface area contributed by atoms with Crippen molar-refractivity contribution in [2.24, 2.45) is 5.92 Å². The Balaban J connectivity index is 1.68. The van der Waals surface area contributed by atoms with Crippen LogP contribution in [0.2, 0.25) is 0 Å². The minimum absolute atomic E-state index is 0.0531. The van der Waals surface area contributed by atoms with Crippen LogP contribution in [0, 0.1) is 5.92 Å². The first-order valence-corrected chi connectivity index (χ1v) is 9.49. The van der Waals surface area contributed by atoms with E-state index in [2.05, 4.69) is 5.32 Å². The van der Waals surface area contributed by atoms with Crippen LogP contribution in [0.5, 0.6) is 5.75 Å². The van der Waals surface area contributed by atoms with Crippen molar-refractivity contribution < 1.29 is 17.9 Å². The number of amides is 1. The minimum Gasteiger partial charge on any atom is -0.492 e. The van der Waals surface area contributed by atoms with Gasteiger partial charge in [0, 0.05) is 5.69 Å². The SMILES string of the molecule is CCS(=O)(=O)c1ccc(NC(=O)[C@H]2COc3ccccc3C2)cc1. The zero-order valence-corrected chi connectivity index (χ0v) is 14.2. The zero-order chi connectivity index (χ0) is 17.2. The Bertz CT molecular complexity index is 844. The number of hydrogen-bond donors (Lipinski definition) is 1. The van der Waals surface area contributed by atoms with Crippen molar-refractivity contribution in [2.45, 2.75) is 18.2 Å². The maximum atomic E-state index is 12.4. The van der Waals surface area contributed by atoms with Gasteiger partial charge in [0.15, 0.2) is 9.84 Å². The monoisotopic (exact) mass is 345 g/mol. The molecular formula is C18H19NO4S. The highest BCUT2D eigenvalue weighted by atomic mass is 32.2. The number of sulfone groups is 1. The van der Waals surface area contributed by atoms with Crippen molar-refractivity contribution in [1.82, 2.24) is 0 Å². The van der Waals surface area contributed by atoms with Crippen molar-refractivity contribution in [1.29, 1.82) is 0 Å². The predicted octanol–water partition coefficient (Wildman–Crippen LogP) is 2.67. The second-order valence-electron chi connectivity index (χ2n) is 5.74. The van der Waals surface area contributed by atoms with Gasteiger partial charge in [0.05, 0.1) is 16.6 Å². The number of carbonyl (C=O) groups excluding carboxylic acids is 1. The van der Waals surface area contributed by atoms with Crippen LogP contribution < -0.4 is 10.1 Å². The van der Waals surface area contributed by atoms with Crippen LogP contribution in [-0.2, 0) is 21.1 Å². The second-order valence-corrected chi connectivity index (χ2v) is 8.02. The number of benzene rings is 2. The van der Waals surface area contributed by atoms with Crippen molar-refractivity contribution in [3.05, 3.63) is 54.1 Å². The molecular weight excluding hydrogens is 326 g/mol. The Morgan fingerprint density at radius 1 is 1.17 bits per heavy atom. The molecule has 1 aliphatic heterocycles. The van der Waals surface area contributed by atoms with Crippen LogP contribution in [0.3, 0.4) is 0 Å². The highest BCUT2D eigenvalue weighted by Gasteiger charge is 2.25. The molecule has 1 N–H and O–H groups in total. The number of nitrogens with one attached hydrogen (secondary N) is 1. The highest BCUT2D eigenvalue weighted by molar-refractivity contribution is 7.91. The maximum Gasteiger partial charge on any atom is 0.231 e. The Morgan fingerprint density at radius 3 is 2.58 bits per heavy atom. The fourth-order valence-corrected chi connectivity index (χ4v) is 3.54. The van der Waals surface area contributed by atoms with Gasteiger partial charge in [-0.15, -0.1) is 0 Å². The molecule has 126 valence electrons. The van der Waals surface area contributed by atoms with Gasteiger partial charge in [0.25, 0.3) is 0 Å². The summed E-state index contributed by atoms with van der Waals surface area (Å²) >= 11 is 0. The van der Waals surface area contributed by atoms with E-state index >= 15 is 0 Å². The van der Waals surface area contributed by atoms with Crippen molar-refractivity contribution in [3.63, 3.8) is 0 Å². The third kappa shape index (κ3) is 3.43. The number of ether oxygens (including phenoxy) is 1. The molecule has 0 radical (unpaired) electrons. The maximum absolute atomic E-state index is 12.4. The number of fused-ring (bicyclic) bond motifs is 1. The summed E-state index contributed by atoms with van der Waals surface area (Å²) in [6.07, 6.45) is 0.629. The van der Waals surface area contributed by atoms with E-state index in [0.717, 1.165) is 11.3 Å². The average Bonchev–Trinajstić information content (AvgIpc) is 2.61. The van der Waals surface area contributed by atoms with Gasteiger partial charge in [-0.2, -0.15) is 0 Å². The fraction of sp³-hybridized carbons (Fsp3) is 0.278. The molecule has 0 aliphatic carbocycles. The molecule has 0 fully saturated rings. The number of para-hydroxylation sites is 1. The van der Waals surface area contributed by atoms with E-state index in [0.29, 0.717) is 18.7 Å². The van der Waals surface area contributed by atoms with Crippen LogP contribution in [0.25, 0.3) is 0 Å². The summed E-state index contributed by atoms with van der Waals surface area (Å²) < 4.78 is 29.2. The lowest BCUT2D eigenvalue weighted by Gasteiger charge is -2.24. The van der Waals surface area contributed by atoms with Gasteiger partial charge in [-0.25, -0.2) is 8.42 Å². The molecule has 0 unspecified atom stereocenters. The standard InChI is InChI=1S/C18H19NO4S/c1-2-24(21,22)16-9-7-15(8-10-16)19-18(20)14-11-13-5-3-4-6-17(13)23-12-14/h3-10,14H,2,11-12H2,1H3,(H,19,20)/t14-/m1/s1. The molecule has 1 aliphatic rings. The Labute approximate surface area is 141 Å². The third-order valence-electron chi connectivity index (χ3n) is 4.11. The lowest BCUT2D eigenvalue weighted by atomic mass is 9.96. The van der Waals surface area contributed by atoms with Crippen molar-refractivity contribution in [2.75, 3.05) is 17.7 Å². The quantitative estimate of drug-likeness (QED) is 0.925. The van der Waals surface area contributed by atoms with Gasteiger partial charge in [0.1, 0.15) is 12.4 Å². The Morgan fingerprint density at radius 2 is 1.88 bits per heavy atom. The van der Waals surface area contributed by atoms with E-state index < -0.39 is 9.84 Å². The molecule has 6 heteroatoms. The van der Waals surface area contributed by atoms with E-state index in [1.807, 2.05) is 24.3 Å². The lowest BCUT2D eigenvalue weighted by Crippen LogP contribution is -2.32. The Kier molecular flexibility index (Phi) is 4.57. The molecule has 2 aromatic carbocycles. The van der Waals surface area contributed by atoms with Crippen LogP contribution in [-0.4, -0.2) is 26.7 Å². The Hall–Kier alpha value is -2.34. The molecule has 0 saturated heterocycles. The highest BCUT2D eigenvalue weighted by Crippen LogP contribution is 2.27. The normalized spacial score (nSPS) is 16.8. The summed E-state index contributed by atoms with van der Waals surface area (Å²) in [4.78, 5) is 12.7. The number of carbonyl (C=O) groups is 1. The predicted molar refractivity (Wildman–Crippen MR) is 91.9 cm³/mol. The molecule has 1 atom stereocenters. The summed E-state index contributed by atoms with van der Waals surface area (Å²) in [5.74, 6) is 0.488. The topological polar surface area (TPSA) is 72.5 Å². The van der Waals surface area contributed by atoms with Gasteiger partial charge in [-0.1, -0.05) is 25.1 Å². The van der Waals surface area contributed by atoms with Crippen molar-refractivity contribution >= 4 is 21.4 Å². The van der Waals surface area contributed by atoms with Gasteiger partial charge in [-0.3, -0.25) is 4.79 Å². The summed E-state index contributed by atoms with van der Waals surface area (Å²) in [5, 5.41) is 2.83. The summed E-state index contributed by atoms with van der Waals surface area (Å²) in [7, 11) is -3.23.